The maximum atomic E-state index is 12.9. The van der Waals surface area contributed by atoms with Gasteiger partial charge in [0.25, 0.3) is 5.69 Å². The zero-order valence-electron chi connectivity index (χ0n) is 15.6. The van der Waals surface area contributed by atoms with Crippen LogP contribution in [0.4, 0.5) is 18.9 Å². The van der Waals surface area contributed by atoms with Crippen LogP contribution in [0.1, 0.15) is 16.7 Å². The molecular weight excluding hydrogens is 435 g/mol. The SMILES string of the molecule is O=C(O)/C(=C\c1ccc(-c2ccc(Cl)cc2)cc1)c1ccc(C(F)(F)F)cc1[N+](=O)[O-]. The van der Waals surface area contributed by atoms with Crippen LogP contribution in [0.2, 0.25) is 5.02 Å². The maximum absolute atomic E-state index is 12.9. The topological polar surface area (TPSA) is 80.4 Å². The Morgan fingerprint density at radius 2 is 1.52 bits per heavy atom. The van der Waals surface area contributed by atoms with Crippen molar-refractivity contribution in [3.63, 3.8) is 0 Å². The Labute approximate surface area is 179 Å². The normalized spacial score (nSPS) is 11.9. The number of rotatable bonds is 5. The molecule has 0 aliphatic rings. The Bertz CT molecular complexity index is 1170. The molecule has 0 saturated heterocycles. The number of nitrogens with zero attached hydrogens (tertiary/aromatic N) is 1. The Balaban J connectivity index is 2.03. The van der Waals surface area contributed by atoms with Crippen LogP contribution in [0.3, 0.4) is 0 Å². The molecule has 9 heteroatoms. The van der Waals surface area contributed by atoms with Gasteiger partial charge in [-0.1, -0.05) is 48.0 Å². The number of alkyl halides is 3. The number of halogens is 4. The average molecular weight is 448 g/mol. The van der Waals surface area contributed by atoms with E-state index in [0.29, 0.717) is 22.7 Å². The maximum Gasteiger partial charge on any atom is 0.416 e. The number of carboxylic acids is 1. The fourth-order valence-electron chi connectivity index (χ4n) is 2.92. The number of hydrogen-bond acceptors (Lipinski definition) is 3. The molecule has 3 rings (SSSR count). The van der Waals surface area contributed by atoms with Gasteiger partial charge in [0.1, 0.15) is 0 Å². The van der Waals surface area contributed by atoms with Crippen LogP contribution in [-0.2, 0) is 11.0 Å². The number of nitro groups is 1. The highest BCUT2D eigenvalue weighted by Gasteiger charge is 2.34. The molecule has 0 fully saturated rings. The van der Waals surface area contributed by atoms with E-state index in [1.54, 1.807) is 48.5 Å². The third-order valence-corrected chi connectivity index (χ3v) is 4.69. The van der Waals surface area contributed by atoms with E-state index >= 15 is 0 Å². The summed E-state index contributed by atoms with van der Waals surface area (Å²) in [6, 6.07) is 15.4. The fourth-order valence-corrected chi connectivity index (χ4v) is 3.05. The van der Waals surface area contributed by atoms with Gasteiger partial charge < -0.3 is 5.11 Å². The molecule has 0 unspecified atom stereocenters. The predicted molar refractivity (Wildman–Crippen MR) is 110 cm³/mol. The number of carbonyl (C=O) groups is 1. The lowest BCUT2D eigenvalue weighted by Crippen LogP contribution is -2.08. The molecule has 0 saturated carbocycles. The van der Waals surface area contributed by atoms with Gasteiger partial charge in [0.2, 0.25) is 0 Å². The summed E-state index contributed by atoms with van der Waals surface area (Å²) < 4.78 is 38.7. The Hall–Kier alpha value is -3.65. The lowest BCUT2D eigenvalue weighted by Gasteiger charge is -2.10. The van der Waals surface area contributed by atoms with E-state index in [1.807, 2.05) is 0 Å². The molecule has 5 nitrogen and oxygen atoms in total. The average Bonchev–Trinajstić information content (AvgIpc) is 2.72. The van der Waals surface area contributed by atoms with Gasteiger partial charge in [-0.3, -0.25) is 10.1 Å². The first-order valence-corrected chi connectivity index (χ1v) is 9.11. The number of hydrogen-bond donors (Lipinski definition) is 1. The number of aliphatic carboxylic acids is 1. The molecular formula is C22H13ClF3NO4. The van der Waals surface area contributed by atoms with Crippen LogP contribution < -0.4 is 0 Å². The van der Waals surface area contributed by atoms with E-state index in [9.17, 15) is 33.2 Å². The summed E-state index contributed by atoms with van der Waals surface area (Å²) in [5.41, 5.74) is -1.000. The second kappa shape index (κ2) is 8.61. The minimum atomic E-state index is -4.80. The van der Waals surface area contributed by atoms with Crippen LogP contribution in [0.15, 0.2) is 66.7 Å². The molecule has 0 spiro atoms. The molecule has 0 bridgehead atoms. The van der Waals surface area contributed by atoms with Crippen molar-refractivity contribution in [1.82, 2.24) is 0 Å². The molecule has 3 aromatic rings. The summed E-state index contributed by atoms with van der Waals surface area (Å²) in [5, 5.41) is 21.4. The number of nitro benzene ring substituents is 1. The third-order valence-electron chi connectivity index (χ3n) is 4.44. The Morgan fingerprint density at radius 3 is 2.00 bits per heavy atom. The van der Waals surface area contributed by atoms with E-state index in [4.69, 9.17) is 11.6 Å². The first kappa shape index (κ1) is 22.0. The van der Waals surface area contributed by atoms with Gasteiger partial charge in [0.15, 0.2) is 0 Å². The summed E-state index contributed by atoms with van der Waals surface area (Å²) in [6.45, 7) is 0. The molecule has 1 N–H and O–H groups in total. The van der Waals surface area contributed by atoms with Gasteiger partial charge in [-0.15, -0.1) is 0 Å². The van der Waals surface area contributed by atoms with Crippen molar-refractivity contribution in [1.29, 1.82) is 0 Å². The van der Waals surface area contributed by atoms with Gasteiger partial charge in [0, 0.05) is 11.1 Å². The fraction of sp³-hybridized carbons (Fsp3) is 0.0455. The second-order valence-corrected chi connectivity index (χ2v) is 6.92. The molecule has 0 aliphatic carbocycles. The smallest absolute Gasteiger partial charge is 0.416 e. The number of benzene rings is 3. The summed E-state index contributed by atoms with van der Waals surface area (Å²) in [5.74, 6) is -1.51. The van der Waals surface area contributed by atoms with Gasteiger partial charge in [-0.05, 0) is 47.0 Å². The van der Waals surface area contributed by atoms with Gasteiger partial charge in [-0.25, -0.2) is 4.79 Å². The van der Waals surface area contributed by atoms with E-state index in [0.717, 1.165) is 17.2 Å². The van der Waals surface area contributed by atoms with Crippen LogP contribution in [0, 0.1) is 10.1 Å². The molecule has 3 aromatic carbocycles. The standard InChI is InChI=1S/C22H13ClF3NO4/c23-17-8-5-15(6-9-17)14-3-1-13(2-4-14)11-19(21(28)29)18-10-7-16(22(24,25)26)12-20(18)27(30)31/h1-12H,(H,28,29)/b19-11-. The second-order valence-electron chi connectivity index (χ2n) is 6.48. The van der Waals surface area contributed by atoms with Crippen molar-refractivity contribution in [2.45, 2.75) is 6.18 Å². The minimum Gasteiger partial charge on any atom is -0.478 e. The third kappa shape index (κ3) is 5.10. The molecule has 0 atom stereocenters. The largest absolute Gasteiger partial charge is 0.478 e. The minimum absolute atomic E-state index is 0.329. The highest BCUT2D eigenvalue weighted by molar-refractivity contribution is 6.30. The van der Waals surface area contributed by atoms with E-state index in [1.165, 1.54) is 6.08 Å². The molecule has 0 aromatic heterocycles. The first-order valence-electron chi connectivity index (χ1n) is 8.73. The zero-order valence-corrected chi connectivity index (χ0v) is 16.3. The summed E-state index contributed by atoms with van der Waals surface area (Å²) in [6.07, 6.45) is -3.63. The van der Waals surface area contributed by atoms with Crippen molar-refractivity contribution in [2.75, 3.05) is 0 Å². The van der Waals surface area contributed by atoms with Crippen LogP contribution in [-0.4, -0.2) is 16.0 Å². The Morgan fingerprint density at radius 1 is 0.968 bits per heavy atom. The van der Waals surface area contributed by atoms with E-state index in [2.05, 4.69) is 0 Å². The lowest BCUT2D eigenvalue weighted by atomic mass is 9.98. The van der Waals surface area contributed by atoms with Crippen molar-refractivity contribution in [2.24, 2.45) is 0 Å². The predicted octanol–water partition coefficient (Wildman–Crippen LogP) is 6.56. The highest BCUT2D eigenvalue weighted by Crippen LogP contribution is 2.36. The van der Waals surface area contributed by atoms with E-state index in [-0.39, 0.29) is 0 Å². The zero-order chi connectivity index (χ0) is 22.8. The Kier molecular flexibility index (Phi) is 6.12. The highest BCUT2D eigenvalue weighted by atomic mass is 35.5. The monoisotopic (exact) mass is 447 g/mol. The number of carboxylic acid groups (broad SMARTS) is 1. The molecule has 0 heterocycles. The van der Waals surface area contributed by atoms with Crippen LogP contribution >= 0.6 is 11.6 Å². The van der Waals surface area contributed by atoms with Crippen molar-refractivity contribution >= 4 is 34.9 Å². The van der Waals surface area contributed by atoms with E-state index < -0.39 is 39.5 Å². The molecule has 0 amide bonds. The van der Waals surface area contributed by atoms with Gasteiger partial charge >= 0.3 is 12.1 Å². The quantitative estimate of drug-likeness (QED) is 0.208. The molecule has 0 aliphatic heterocycles. The summed E-state index contributed by atoms with van der Waals surface area (Å²) in [7, 11) is 0. The van der Waals surface area contributed by atoms with Crippen LogP contribution in [0.5, 0.6) is 0 Å². The van der Waals surface area contributed by atoms with Crippen LogP contribution in [0.25, 0.3) is 22.8 Å². The van der Waals surface area contributed by atoms with Crippen molar-refractivity contribution in [3.05, 3.63) is 98.6 Å². The molecule has 0 radical (unpaired) electrons. The molecule has 31 heavy (non-hydrogen) atoms. The summed E-state index contributed by atoms with van der Waals surface area (Å²) in [4.78, 5) is 22.0. The van der Waals surface area contributed by atoms with Gasteiger partial charge in [-0.2, -0.15) is 13.2 Å². The van der Waals surface area contributed by atoms with Gasteiger partial charge in [0.05, 0.1) is 21.6 Å². The lowest BCUT2D eigenvalue weighted by molar-refractivity contribution is -0.385. The van der Waals surface area contributed by atoms with Crippen molar-refractivity contribution < 1.29 is 28.0 Å². The summed E-state index contributed by atoms with van der Waals surface area (Å²) >= 11 is 5.87. The first-order chi connectivity index (χ1) is 14.6. The molecule has 158 valence electrons. The van der Waals surface area contributed by atoms with Crippen molar-refractivity contribution in [3.8, 4) is 11.1 Å².